The Labute approximate surface area is 165 Å². The number of carbonyl (C=O) groups excluding carboxylic acids is 1. The van der Waals surface area contributed by atoms with Gasteiger partial charge >= 0.3 is 5.97 Å². The lowest BCUT2D eigenvalue weighted by Gasteiger charge is -2.14. The molecule has 0 spiro atoms. The number of benzene rings is 2. The summed E-state index contributed by atoms with van der Waals surface area (Å²) in [6.07, 6.45) is 0.641. The number of carbonyl (C=O) groups is 1. The highest BCUT2D eigenvalue weighted by Gasteiger charge is 2.16. The van der Waals surface area contributed by atoms with Crippen molar-refractivity contribution >= 4 is 58.1 Å². The van der Waals surface area contributed by atoms with Crippen LogP contribution in [0.25, 0.3) is 0 Å². The molecule has 2 aromatic rings. The summed E-state index contributed by atoms with van der Waals surface area (Å²) in [4.78, 5) is 11.9. The first-order valence-corrected chi connectivity index (χ1v) is 8.82. The zero-order chi connectivity index (χ0) is 18.4. The molecule has 0 heterocycles. The minimum absolute atomic E-state index is 0.277. The Kier molecular flexibility index (Phi) is 7.51. The second-order valence-electron chi connectivity index (χ2n) is 5.01. The van der Waals surface area contributed by atoms with Gasteiger partial charge in [-0.3, -0.25) is 0 Å². The van der Waals surface area contributed by atoms with E-state index in [9.17, 15) is 4.79 Å². The number of anilines is 1. The lowest BCUT2D eigenvalue weighted by atomic mass is 10.1. The monoisotopic (exact) mass is 421 g/mol. The molecule has 0 fully saturated rings. The molecule has 0 saturated heterocycles. The Bertz CT molecular complexity index is 768. The summed E-state index contributed by atoms with van der Waals surface area (Å²) < 4.78 is 10.4. The van der Waals surface area contributed by atoms with Crippen molar-refractivity contribution < 1.29 is 14.3 Å². The topological polar surface area (TPSA) is 47.6 Å². The fourth-order valence-electron chi connectivity index (χ4n) is 2.08. The van der Waals surface area contributed by atoms with Crippen LogP contribution in [0.2, 0.25) is 20.1 Å². The number of ether oxygens (including phenoxy) is 2. The molecular formula is C17H15Cl4NO3. The molecule has 0 amide bonds. The van der Waals surface area contributed by atoms with Gasteiger partial charge in [-0.25, -0.2) is 4.79 Å². The van der Waals surface area contributed by atoms with Gasteiger partial charge in [-0.05, 0) is 30.7 Å². The minimum Gasteiger partial charge on any atom is -0.492 e. The number of rotatable bonds is 7. The Balaban J connectivity index is 1.94. The molecule has 2 aromatic carbocycles. The number of hydrogen-bond donors (Lipinski definition) is 1. The molecule has 134 valence electrons. The van der Waals surface area contributed by atoms with Crippen molar-refractivity contribution in [1.82, 2.24) is 0 Å². The highest BCUT2D eigenvalue weighted by molar-refractivity contribution is 6.37. The van der Waals surface area contributed by atoms with Crippen LogP contribution >= 0.6 is 46.4 Å². The van der Waals surface area contributed by atoms with E-state index in [1.807, 2.05) is 0 Å². The van der Waals surface area contributed by atoms with Gasteiger partial charge in [0.05, 0.1) is 35.0 Å². The van der Waals surface area contributed by atoms with E-state index in [0.29, 0.717) is 51.1 Å². The summed E-state index contributed by atoms with van der Waals surface area (Å²) in [5, 5.41) is 4.84. The van der Waals surface area contributed by atoms with Crippen LogP contribution in [0.1, 0.15) is 16.8 Å². The van der Waals surface area contributed by atoms with Crippen LogP contribution in [0, 0.1) is 0 Å². The molecule has 8 heteroatoms. The first kappa shape index (κ1) is 20.0. The summed E-state index contributed by atoms with van der Waals surface area (Å²) >= 11 is 24.0. The van der Waals surface area contributed by atoms with Gasteiger partial charge < -0.3 is 14.8 Å². The predicted molar refractivity (Wildman–Crippen MR) is 103 cm³/mol. The minimum atomic E-state index is -0.520. The molecule has 4 nitrogen and oxygen atoms in total. The van der Waals surface area contributed by atoms with E-state index in [1.165, 1.54) is 13.2 Å². The third kappa shape index (κ3) is 5.58. The highest BCUT2D eigenvalue weighted by atomic mass is 35.5. The van der Waals surface area contributed by atoms with Crippen molar-refractivity contribution in [3.63, 3.8) is 0 Å². The second-order valence-corrected chi connectivity index (χ2v) is 6.69. The van der Waals surface area contributed by atoms with Crippen molar-refractivity contribution in [3.05, 3.63) is 56.0 Å². The average Bonchev–Trinajstić information content (AvgIpc) is 2.58. The van der Waals surface area contributed by atoms with Crippen LogP contribution in [-0.4, -0.2) is 26.2 Å². The first-order valence-electron chi connectivity index (χ1n) is 7.31. The fraction of sp³-hybridized carbons (Fsp3) is 0.235. The van der Waals surface area contributed by atoms with Crippen molar-refractivity contribution in [2.75, 3.05) is 25.6 Å². The molecule has 0 atom stereocenters. The number of methoxy groups -OCH3 is 1. The van der Waals surface area contributed by atoms with E-state index in [0.717, 1.165) is 0 Å². The van der Waals surface area contributed by atoms with Gasteiger partial charge in [0.25, 0.3) is 0 Å². The third-order valence-electron chi connectivity index (χ3n) is 3.23. The van der Waals surface area contributed by atoms with E-state index >= 15 is 0 Å². The maximum absolute atomic E-state index is 11.9. The molecule has 0 saturated carbocycles. The fourth-order valence-corrected chi connectivity index (χ4v) is 2.97. The molecule has 0 unspecified atom stereocenters. The molecule has 0 aliphatic carbocycles. The van der Waals surface area contributed by atoms with Gasteiger partial charge in [0, 0.05) is 22.7 Å². The van der Waals surface area contributed by atoms with Gasteiger partial charge in [0.15, 0.2) is 0 Å². The zero-order valence-corrected chi connectivity index (χ0v) is 16.3. The maximum atomic E-state index is 11.9. The van der Waals surface area contributed by atoms with Crippen LogP contribution in [0.15, 0.2) is 30.3 Å². The average molecular weight is 423 g/mol. The van der Waals surface area contributed by atoms with Gasteiger partial charge in [-0.2, -0.15) is 0 Å². The first-order chi connectivity index (χ1) is 11.9. The number of hydrogen-bond acceptors (Lipinski definition) is 4. The van der Waals surface area contributed by atoms with Crippen molar-refractivity contribution in [1.29, 1.82) is 0 Å². The van der Waals surface area contributed by atoms with Crippen LogP contribution < -0.4 is 10.1 Å². The molecular weight excluding hydrogens is 408 g/mol. The van der Waals surface area contributed by atoms with Crippen molar-refractivity contribution in [2.24, 2.45) is 0 Å². The summed E-state index contributed by atoms with van der Waals surface area (Å²) in [5.41, 5.74) is 0.748. The van der Waals surface area contributed by atoms with E-state index in [2.05, 4.69) is 5.32 Å². The van der Waals surface area contributed by atoms with Crippen molar-refractivity contribution in [2.45, 2.75) is 6.42 Å². The molecule has 0 aliphatic heterocycles. The van der Waals surface area contributed by atoms with Gasteiger partial charge in [-0.1, -0.05) is 46.4 Å². The molecule has 0 radical (unpaired) electrons. The quantitative estimate of drug-likeness (QED) is 0.441. The smallest absolute Gasteiger partial charge is 0.340 e. The van der Waals surface area contributed by atoms with E-state index in [4.69, 9.17) is 55.9 Å². The second kappa shape index (κ2) is 9.39. The van der Waals surface area contributed by atoms with Gasteiger partial charge in [0.1, 0.15) is 5.75 Å². The molecule has 0 aliphatic rings. The Morgan fingerprint density at radius 1 is 1.04 bits per heavy atom. The number of esters is 1. The van der Waals surface area contributed by atoms with Crippen LogP contribution in [0.4, 0.5) is 5.69 Å². The summed E-state index contributed by atoms with van der Waals surface area (Å²) in [7, 11) is 1.30. The maximum Gasteiger partial charge on any atom is 0.340 e. The van der Waals surface area contributed by atoms with Crippen LogP contribution in [0.5, 0.6) is 5.75 Å². The molecule has 1 N–H and O–H groups in total. The Morgan fingerprint density at radius 2 is 1.80 bits per heavy atom. The number of halogens is 4. The highest BCUT2D eigenvalue weighted by Crippen LogP contribution is 2.31. The summed E-state index contributed by atoms with van der Waals surface area (Å²) in [5.74, 6) is 0.00259. The molecule has 0 aromatic heterocycles. The molecule has 25 heavy (non-hydrogen) atoms. The zero-order valence-electron chi connectivity index (χ0n) is 13.2. The largest absolute Gasteiger partial charge is 0.492 e. The normalized spacial score (nSPS) is 10.4. The van der Waals surface area contributed by atoms with Crippen LogP contribution in [-0.2, 0) is 4.74 Å². The van der Waals surface area contributed by atoms with E-state index < -0.39 is 5.97 Å². The van der Waals surface area contributed by atoms with Gasteiger partial charge in [-0.15, -0.1) is 0 Å². The lowest BCUT2D eigenvalue weighted by Crippen LogP contribution is -2.12. The van der Waals surface area contributed by atoms with Gasteiger partial charge in [0.2, 0.25) is 0 Å². The Morgan fingerprint density at radius 3 is 2.52 bits per heavy atom. The van der Waals surface area contributed by atoms with E-state index in [1.54, 1.807) is 24.3 Å². The third-order valence-corrected chi connectivity index (χ3v) is 4.30. The van der Waals surface area contributed by atoms with Crippen LogP contribution in [0.3, 0.4) is 0 Å². The SMILES string of the molecule is COC(=O)c1cc(Cl)cc(Cl)c1NCCCOc1cc(Cl)ccc1Cl. The summed E-state index contributed by atoms with van der Waals surface area (Å²) in [6.45, 7) is 0.926. The molecule has 0 bridgehead atoms. The summed E-state index contributed by atoms with van der Waals surface area (Å²) in [6, 6.07) is 8.08. The standard InChI is InChI=1S/C17H15Cl4NO3/c1-24-17(23)12-7-11(19)8-14(21)16(12)22-5-2-6-25-15-9-10(18)3-4-13(15)20/h3-4,7-9,22H,2,5-6H2,1H3. The lowest BCUT2D eigenvalue weighted by molar-refractivity contribution is 0.0602. The Hall–Kier alpha value is -1.33. The van der Waals surface area contributed by atoms with Crippen molar-refractivity contribution in [3.8, 4) is 5.75 Å². The van der Waals surface area contributed by atoms with E-state index in [-0.39, 0.29) is 5.56 Å². The molecule has 2 rings (SSSR count). The predicted octanol–water partition coefficient (Wildman–Crippen LogP) is 5.97. The number of nitrogens with one attached hydrogen (secondary N) is 1.